The molecule has 2 bridgehead atoms. The second kappa shape index (κ2) is 37.1. The Bertz CT molecular complexity index is 2040. The molecule has 0 aliphatic carbocycles. The molecule has 0 radical (unpaired) electrons. The summed E-state index contributed by atoms with van der Waals surface area (Å²) >= 11 is 0. The van der Waals surface area contributed by atoms with Crippen molar-refractivity contribution in [1.29, 1.82) is 0 Å². The quantitative estimate of drug-likeness (QED) is 0.0190. The lowest BCUT2D eigenvalue weighted by Gasteiger charge is -2.40. The van der Waals surface area contributed by atoms with Crippen molar-refractivity contribution < 1.29 is 86.4 Å². The van der Waals surface area contributed by atoms with Gasteiger partial charge in [-0.3, -0.25) is 28.0 Å². The van der Waals surface area contributed by atoms with Crippen LogP contribution in [0.3, 0.4) is 0 Å². The SMILES string of the molecule is CCCCC[C@H](O)/C=C/[C@@H]1[C@H](O)[C@H](O)[C@H]2COP(=O)(O)OP(=O)(O)OC[C@H](OC(=O)CCCCCCCCCCCCCCCCCC(C)C)COC(=O)CCCCC(=O)C[C@H]([C@H](n3ccc(N)nc3=O)O2)[C@@H](O)C[C@H]1O. The Morgan fingerprint density at radius 3 is 1.96 bits per heavy atom. The summed E-state index contributed by atoms with van der Waals surface area (Å²) < 4.78 is 58.9. The number of fused-ring (bicyclic) bond motifs is 3. The monoisotopic (exact) mass is 1140 g/mol. The number of phosphoric ester groups is 2. The van der Waals surface area contributed by atoms with Gasteiger partial charge in [-0.05, 0) is 37.7 Å². The highest BCUT2D eigenvalue weighted by molar-refractivity contribution is 7.61. The fourth-order valence-electron chi connectivity index (χ4n) is 9.49. The van der Waals surface area contributed by atoms with Crippen molar-refractivity contribution in [3.8, 4) is 0 Å². The number of nitrogen functional groups attached to an aromatic ring is 1. The van der Waals surface area contributed by atoms with E-state index >= 15 is 0 Å². The first kappa shape index (κ1) is 68.3. The van der Waals surface area contributed by atoms with Crippen LogP contribution in [-0.2, 0) is 51.1 Å². The summed E-state index contributed by atoms with van der Waals surface area (Å²) in [5, 5.41) is 57.5. The zero-order valence-corrected chi connectivity index (χ0v) is 47.6. The maximum atomic E-state index is 13.7. The molecule has 444 valence electrons. The molecule has 12 atom stereocenters. The lowest BCUT2D eigenvalue weighted by Crippen LogP contribution is -2.52. The zero-order valence-electron chi connectivity index (χ0n) is 45.8. The number of ether oxygens (including phenoxy) is 3. The fraction of sp³-hybridized carbons (Fsp3) is 0.830. The van der Waals surface area contributed by atoms with Crippen LogP contribution in [0.2, 0.25) is 0 Å². The normalized spacial score (nSPS) is 29.5. The van der Waals surface area contributed by atoms with Crippen molar-refractivity contribution in [3.63, 3.8) is 0 Å². The summed E-state index contributed by atoms with van der Waals surface area (Å²) in [5.41, 5.74) is 4.68. The minimum absolute atomic E-state index is 0.0217. The molecule has 2 unspecified atom stereocenters. The van der Waals surface area contributed by atoms with E-state index in [-0.39, 0.29) is 37.9 Å². The van der Waals surface area contributed by atoms with Gasteiger partial charge in [-0.1, -0.05) is 148 Å². The summed E-state index contributed by atoms with van der Waals surface area (Å²) in [6.07, 6.45) is 9.29. The molecule has 24 heteroatoms. The third-order valence-electron chi connectivity index (χ3n) is 14.0. The van der Waals surface area contributed by atoms with Gasteiger partial charge in [0.1, 0.15) is 36.6 Å². The number of esters is 2. The summed E-state index contributed by atoms with van der Waals surface area (Å²) in [4.78, 5) is 78.1. The Hall–Kier alpha value is -2.95. The zero-order chi connectivity index (χ0) is 56.8. The minimum atomic E-state index is -5.76. The molecule has 77 heavy (non-hydrogen) atoms. The van der Waals surface area contributed by atoms with Crippen LogP contribution in [0.25, 0.3) is 0 Å². The van der Waals surface area contributed by atoms with Crippen LogP contribution in [0.5, 0.6) is 0 Å². The van der Waals surface area contributed by atoms with Crippen molar-refractivity contribution >= 4 is 39.2 Å². The molecule has 9 N–H and O–H groups in total. The highest BCUT2D eigenvalue weighted by Gasteiger charge is 2.45. The number of hydrogen-bond donors (Lipinski definition) is 8. The first-order valence-corrected chi connectivity index (χ1v) is 31.2. The molecule has 0 saturated carbocycles. The number of carbonyl (C=O) groups is 3. The van der Waals surface area contributed by atoms with Crippen molar-refractivity contribution in [2.75, 3.05) is 25.6 Å². The van der Waals surface area contributed by atoms with Crippen LogP contribution < -0.4 is 11.4 Å². The predicted molar refractivity (Wildman–Crippen MR) is 287 cm³/mol. The molecule has 0 spiro atoms. The Morgan fingerprint density at radius 1 is 0.792 bits per heavy atom. The van der Waals surface area contributed by atoms with Gasteiger partial charge in [0, 0.05) is 50.1 Å². The maximum absolute atomic E-state index is 13.7. The number of anilines is 1. The van der Waals surface area contributed by atoms with Gasteiger partial charge in [-0.15, -0.1) is 0 Å². The molecule has 3 heterocycles. The number of carbonyl (C=O) groups excluding carboxylic acids is 3. The Balaban J connectivity index is 1.74. The smallest absolute Gasteiger partial charge is 0.462 e. The Morgan fingerprint density at radius 2 is 1.36 bits per heavy atom. The molecule has 3 rings (SSSR count). The number of unbranched alkanes of at least 4 members (excludes halogenated alkanes) is 16. The third kappa shape index (κ3) is 28.4. The molecule has 1 aromatic rings. The van der Waals surface area contributed by atoms with Crippen molar-refractivity contribution in [2.45, 2.75) is 243 Å². The van der Waals surface area contributed by atoms with E-state index in [9.17, 15) is 63.6 Å². The number of ketones is 1. The fourth-order valence-corrected chi connectivity index (χ4v) is 11.6. The molecule has 0 aromatic carbocycles. The molecule has 2 aliphatic heterocycles. The van der Waals surface area contributed by atoms with Gasteiger partial charge in [0.05, 0.1) is 37.6 Å². The highest BCUT2D eigenvalue weighted by Crippen LogP contribution is 2.60. The van der Waals surface area contributed by atoms with Crippen molar-refractivity contribution in [2.24, 2.45) is 17.8 Å². The van der Waals surface area contributed by atoms with Gasteiger partial charge in [0.25, 0.3) is 0 Å². The van der Waals surface area contributed by atoms with E-state index in [1.165, 1.54) is 82.4 Å². The second-order valence-corrected chi connectivity index (χ2v) is 24.3. The van der Waals surface area contributed by atoms with E-state index in [2.05, 4.69) is 23.1 Å². The lowest BCUT2D eigenvalue weighted by atomic mass is 9.82. The average molecular weight is 1140 g/mol. The topological polar surface area (TPSA) is 343 Å². The molecule has 0 amide bonds. The van der Waals surface area contributed by atoms with E-state index in [4.69, 9.17) is 29.0 Å². The first-order valence-electron chi connectivity index (χ1n) is 28.2. The van der Waals surface area contributed by atoms with E-state index in [0.717, 1.165) is 61.6 Å². The molecule has 1 aromatic heterocycles. The van der Waals surface area contributed by atoms with Crippen LogP contribution in [0, 0.1) is 17.8 Å². The average Bonchev–Trinajstić information content (AvgIpc) is 3.35. The molecule has 2 saturated heterocycles. The number of rotatable bonds is 26. The number of hydrogen-bond acceptors (Lipinski definition) is 19. The Kier molecular flexibility index (Phi) is 33.0. The molecular formula is C53H93N3O19P2. The minimum Gasteiger partial charge on any atom is -0.462 e. The number of aromatic nitrogens is 2. The first-order chi connectivity index (χ1) is 36.6. The maximum Gasteiger partial charge on any atom is 0.481 e. The Labute approximate surface area is 455 Å². The number of nitrogens with zero attached hydrogens (tertiary/aromatic N) is 2. The van der Waals surface area contributed by atoms with Gasteiger partial charge < -0.3 is 55.3 Å². The predicted octanol–water partition coefficient (Wildman–Crippen LogP) is 7.81. The van der Waals surface area contributed by atoms with Gasteiger partial charge in [-0.25, -0.2) is 13.9 Å². The van der Waals surface area contributed by atoms with Gasteiger partial charge in [0.2, 0.25) is 0 Å². The van der Waals surface area contributed by atoms with Crippen LogP contribution in [-0.4, -0.2) is 125 Å². The number of nitrogens with two attached hydrogens (primary N) is 1. The summed E-state index contributed by atoms with van der Waals surface area (Å²) in [6.45, 7) is 3.65. The number of cyclic esters (lactones) is 1. The number of aliphatic hydroxyl groups is 5. The highest BCUT2D eigenvalue weighted by atomic mass is 31.3. The van der Waals surface area contributed by atoms with E-state index in [1.54, 1.807) is 0 Å². The van der Waals surface area contributed by atoms with Crippen LogP contribution in [0.1, 0.15) is 200 Å². The van der Waals surface area contributed by atoms with E-state index < -0.39 is 133 Å². The summed E-state index contributed by atoms with van der Waals surface area (Å²) in [7, 11) is -11.4. The standard InChI is InChI=1S/C53H93N3O19P2/c1-4-5-19-25-39(57)29-30-42-44(59)34-45(60)43-33-40(58)26-22-23-27-48(61)70-35-41(73-49(62)28-21-18-16-14-12-10-8-6-7-9-11-13-15-17-20-24-38(2)3)36-71-76(66,67)75-77(68,69)72-37-46(51(64)50(42)63)74-52(43)56-32-31-47(54)55-53(56)65/h29-32,38-39,41-46,50-52,57,59-60,63-64H,4-28,33-37H2,1-3H3,(H,66,67)(H,68,69)(H2,54,55,65)/b30-29+/t39-,41+,42-,43-,44+,45-,46+,50-,51+,52+/m0/s1. The van der Waals surface area contributed by atoms with Crippen LogP contribution in [0.15, 0.2) is 29.2 Å². The molecule has 2 aliphatic rings. The van der Waals surface area contributed by atoms with Gasteiger partial charge in [-0.2, -0.15) is 9.29 Å². The van der Waals surface area contributed by atoms with Gasteiger partial charge >= 0.3 is 33.3 Å². The third-order valence-corrected chi connectivity index (χ3v) is 16.6. The number of aliphatic hydroxyl groups excluding tert-OH is 5. The van der Waals surface area contributed by atoms with E-state index in [1.807, 2.05) is 6.92 Å². The molecule has 2 fully saturated rings. The summed E-state index contributed by atoms with van der Waals surface area (Å²) in [5.74, 6) is -4.39. The molecular weight excluding hydrogens is 1040 g/mol. The lowest BCUT2D eigenvalue weighted by molar-refractivity contribution is -0.196. The number of Topliss-reactive ketones (excluding diaryl/α,β-unsaturated/α-hetero) is 1. The van der Waals surface area contributed by atoms with Gasteiger partial charge in [0.15, 0.2) is 6.10 Å². The molecule has 22 nitrogen and oxygen atoms in total. The van der Waals surface area contributed by atoms with Crippen molar-refractivity contribution in [3.05, 3.63) is 34.9 Å². The van der Waals surface area contributed by atoms with Crippen LogP contribution in [0.4, 0.5) is 5.82 Å². The van der Waals surface area contributed by atoms with E-state index in [0.29, 0.717) is 19.3 Å². The van der Waals surface area contributed by atoms with Crippen molar-refractivity contribution in [1.82, 2.24) is 9.55 Å². The second-order valence-electron chi connectivity index (χ2n) is 21.2. The van der Waals surface area contributed by atoms with Crippen LogP contribution >= 0.6 is 15.6 Å². The number of phosphoric acid groups is 2. The summed E-state index contributed by atoms with van der Waals surface area (Å²) in [6, 6.07) is 1.18. The largest absolute Gasteiger partial charge is 0.481 e.